The van der Waals surface area contributed by atoms with Gasteiger partial charge in [-0.2, -0.15) is 5.10 Å². The van der Waals surface area contributed by atoms with E-state index in [0.29, 0.717) is 40.8 Å². The first-order valence-electron chi connectivity index (χ1n) is 18.6. The second-order valence-electron chi connectivity index (χ2n) is 14.2. The molecule has 23 heteroatoms. The van der Waals surface area contributed by atoms with Gasteiger partial charge in [0.25, 0.3) is 5.91 Å². The minimum absolute atomic E-state index is 0. The van der Waals surface area contributed by atoms with E-state index in [9.17, 15) is 42.0 Å². The van der Waals surface area contributed by atoms with Crippen molar-refractivity contribution in [2.24, 2.45) is 5.10 Å². The maximum Gasteiger partial charge on any atom is 1.00 e. The van der Waals surface area contributed by atoms with Crippen LogP contribution < -0.4 is 84.0 Å². The van der Waals surface area contributed by atoms with Gasteiger partial charge in [-0.3, -0.25) is 9.59 Å². The average Bonchev–Trinajstić information content (AvgIpc) is 3.19. The van der Waals surface area contributed by atoms with E-state index in [4.69, 9.17) is 19.3 Å². The summed E-state index contributed by atoms with van der Waals surface area (Å²) in [5, 5.41) is 11.6. The molecular weight excluding hydrogens is 886 g/mol. The number of benzene rings is 4. The Morgan fingerprint density at radius 2 is 1.48 bits per heavy atom. The Bertz CT molecular complexity index is 2340. The van der Waals surface area contributed by atoms with Crippen LogP contribution in [0.1, 0.15) is 47.2 Å². The van der Waals surface area contributed by atoms with E-state index in [1.54, 1.807) is 66.7 Å². The molecule has 4 rings (SSSR count). The molecule has 0 aliphatic heterocycles. The summed E-state index contributed by atoms with van der Waals surface area (Å²) in [6.45, 7) is 0.291. The van der Waals surface area contributed by atoms with Crippen molar-refractivity contribution < 1.29 is 120 Å². The quantitative estimate of drug-likeness (QED) is 0.0150. The third kappa shape index (κ3) is 15.3. The van der Waals surface area contributed by atoms with Gasteiger partial charge < -0.3 is 53.1 Å². The van der Waals surface area contributed by atoms with Gasteiger partial charge in [0.05, 0.1) is 17.7 Å². The Labute approximate surface area is 405 Å². The van der Waals surface area contributed by atoms with Crippen LogP contribution in [-0.4, -0.2) is 110 Å². The molecule has 0 saturated heterocycles. The number of esters is 1. The van der Waals surface area contributed by atoms with E-state index in [1.165, 1.54) is 29.5 Å². The van der Waals surface area contributed by atoms with E-state index in [-0.39, 0.29) is 103 Å². The number of aliphatic hydroxyl groups is 1. The number of sulfonamides is 1. The summed E-state index contributed by atoms with van der Waals surface area (Å²) in [6, 6.07) is 23.9. The molecule has 0 heterocycles. The van der Waals surface area contributed by atoms with Crippen LogP contribution in [0.4, 0.5) is 5.69 Å². The summed E-state index contributed by atoms with van der Waals surface area (Å²) < 4.78 is 62.0. The van der Waals surface area contributed by atoms with E-state index in [2.05, 4.69) is 10.5 Å². The Morgan fingerprint density at radius 1 is 0.855 bits per heavy atom. The fourth-order valence-corrected chi connectivity index (χ4v) is 9.39. The van der Waals surface area contributed by atoms with Crippen molar-refractivity contribution in [2.45, 2.75) is 42.3 Å². The molecule has 4 aromatic rings. The summed E-state index contributed by atoms with van der Waals surface area (Å²) in [5.41, 5.74) is 4.89. The normalized spacial score (nSPS) is 14.6. The Balaban J connectivity index is 0.00000661. The molecule has 0 aliphatic carbocycles. The number of hydrogen-bond acceptors (Lipinski definition) is 14. The van der Waals surface area contributed by atoms with Crippen LogP contribution in [0.15, 0.2) is 94.9 Å². The standard InChI is InChI=1S/C39H51N5O13P2S.2Na/c1-42(2)35-14-6-13-34-33(35)12-7-15-36(34)60(54,55)44(4)23-8-16-37(45)57-28-29-17-19-31(20-18-29)38(46)41-40-27-30-10-5-11-32(26-30)56-25-9-22-43(3)24-21-39(47,58(48,49)50)59(51,52)53;;/h5-7,10-15,17-20,26-27,47H,8-9,16,21-25,28H2,1-4H3,(H,41,46)(H2,48,49,50)(H2,51,52,53);;/q;2*+1/p-2/b40-27+;;. The molecule has 0 radical (unpaired) electrons. The smallest absolute Gasteiger partial charge is 0.776 e. The van der Waals surface area contributed by atoms with E-state index in [1.807, 2.05) is 37.2 Å². The van der Waals surface area contributed by atoms with Gasteiger partial charge in [0.1, 0.15) is 12.4 Å². The third-order valence-corrected chi connectivity index (χ3v) is 15.1. The number of carbonyl (C=O) groups excluding carboxylic acids is 2. The first-order valence-corrected chi connectivity index (χ1v) is 23.2. The van der Waals surface area contributed by atoms with Gasteiger partial charge in [-0.05, 0) is 67.4 Å². The zero-order valence-corrected chi connectivity index (χ0v) is 42.1. The minimum Gasteiger partial charge on any atom is -0.776 e. The number of hydrazone groups is 1. The topological polar surface area (TPSA) is 262 Å². The molecule has 2 atom stereocenters. The number of rotatable bonds is 22. The monoisotopic (exact) mass is 935 g/mol. The van der Waals surface area contributed by atoms with Crippen LogP contribution in [0.3, 0.4) is 0 Å². The van der Waals surface area contributed by atoms with Crippen LogP contribution >= 0.6 is 15.2 Å². The van der Waals surface area contributed by atoms with Crippen molar-refractivity contribution in [2.75, 3.05) is 59.3 Å². The van der Waals surface area contributed by atoms with Gasteiger partial charge in [-0.25, -0.2) is 18.1 Å². The number of anilines is 1. The molecule has 326 valence electrons. The molecule has 0 aliphatic rings. The van der Waals surface area contributed by atoms with Crippen molar-refractivity contribution in [3.63, 3.8) is 0 Å². The predicted octanol–water partition coefficient (Wildman–Crippen LogP) is -3.35. The van der Waals surface area contributed by atoms with Gasteiger partial charge in [-0.15, -0.1) is 0 Å². The van der Waals surface area contributed by atoms with Gasteiger partial charge in [0, 0.05) is 75.6 Å². The molecule has 0 aromatic heterocycles. The minimum atomic E-state index is -5.83. The first-order chi connectivity index (χ1) is 28.1. The van der Waals surface area contributed by atoms with Crippen LogP contribution in [0.25, 0.3) is 10.8 Å². The maximum atomic E-state index is 13.5. The van der Waals surface area contributed by atoms with Gasteiger partial charge in [0.2, 0.25) is 10.0 Å². The number of amides is 1. The molecular formula is C39H49N5Na2O13P2S. The summed E-state index contributed by atoms with van der Waals surface area (Å²) in [7, 11) is -8.70. The Morgan fingerprint density at radius 3 is 2.13 bits per heavy atom. The molecule has 18 nitrogen and oxygen atoms in total. The number of nitrogens with one attached hydrogen (secondary N) is 1. The Kier molecular flexibility index (Phi) is 22.1. The molecule has 2 unspecified atom stereocenters. The fraction of sp³-hybridized carbons (Fsp3) is 0.359. The zero-order chi connectivity index (χ0) is 44.3. The number of ether oxygens (including phenoxy) is 2. The van der Waals surface area contributed by atoms with Crippen molar-refractivity contribution in [3.05, 3.63) is 102 Å². The molecule has 4 aromatic carbocycles. The average molecular weight is 936 g/mol. The fourth-order valence-electron chi connectivity index (χ4n) is 5.94. The van der Waals surface area contributed by atoms with E-state index in [0.717, 1.165) is 11.1 Å². The number of nitrogens with zero attached hydrogens (tertiary/aromatic N) is 4. The molecule has 0 bridgehead atoms. The summed E-state index contributed by atoms with van der Waals surface area (Å²) in [4.78, 5) is 69.8. The van der Waals surface area contributed by atoms with Gasteiger partial charge in [0.15, 0.2) is 20.3 Å². The summed E-state index contributed by atoms with van der Waals surface area (Å²) >= 11 is 0. The number of carbonyl (C=O) groups is 2. The van der Waals surface area contributed by atoms with Gasteiger partial charge in [-0.1, -0.05) is 48.5 Å². The number of fused-ring (bicyclic) bond motifs is 1. The SMILES string of the molecule is CN(CCCOc1cccc(/C=N/NC(=O)c2ccc(COC(=O)CCCN(C)S(=O)(=O)c3cccc4c(N(C)C)cccc34)cc2)c1)CCC(O)(P(=O)([O-])O)P(=O)([O-])O.[Na+].[Na+]. The first kappa shape index (κ1) is 55.6. The largest absolute Gasteiger partial charge is 1.00 e. The van der Waals surface area contributed by atoms with Crippen LogP contribution in [0, 0.1) is 0 Å². The van der Waals surface area contributed by atoms with Crippen LogP contribution in [-0.2, 0) is 35.3 Å². The Hall–Kier alpha value is -2.52. The molecule has 1 amide bonds. The third-order valence-electron chi connectivity index (χ3n) is 9.42. The molecule has 0 fully saturated rings. The van der Waals surface area contributed by atoms with Crippen molar-refractivity contribution in [1.29, 1.82) is 0 Å². The second-order valence-corrected chi connectivity index (χ2v) is 20.1. The summed E-state index contributed by atoms with van der Waals surface area (Å²) in [6.07, 6.45) is 1.11. The van der Waals surface area contributed by atoms with Crippen LogP contribution in [0.2, 0.25) is 0 Å². The van der Waals surface area contributed by atoms with E-state index >= 15 is 0 Å². The molecule has 0 saturated carbocycles. The summed E-state index contributed by atoms with van der Waals surface area (Å²) in [5.74, 6) is -0.499. The maximum absolute atomic E-state index is 13.5. The predicted molar refractivity (Wildman–Crippen MR) is 222 cm³/mol. The van der Waals surface area contributed by atoms with Crippen molar-refractivity contribution in [1.82, 2.24) is 14.6 Å². The second kappa shape index (κ2) is 24.7. The van der Waals surface area contributed by atoms with Crippen molar-refractivity contribution >= 4 is 59.8 Å². The van der Waals surface area contributed by atoms with E-state index < -0.39 is 48.6 Å². The van der Waals surface area contributed by atoms with Crippen LogP contribution in [0.5, 0.6) is 5.75 Å². The number of hydrogen-bond donors (Lipinski definition) is 4. The molecule has 4 N–H and O–H groups in total. The van der Waals surface area contributed by atoms with Crippen molar-refractivity contribution in [3.8, 4) is 5.75 Å². The molecule has 62 heavy (non-hydrogen) atoms. The zero-order valence-electron chi connectivity index (χ0n) is 35.5. The van der Waals surface area contributed by atoms with Gasteiger partial charge >= 0.3 is 65.1 Å². The molecule has 0 spiro atoms.